The Labute approximate surface area is 159 Å². The molecule has 1 aliphatic rings. The molecule has 6 nitrogen and oxygen atoms in total. The van der Waals surface area contributed by atoms with Gasteiger partial charge in [-0.1, -0.05) is 18.2 Å². The molecule has 0 saturated carbocycles. The third kappa shape index (κ3) is 3.37. The Bertz CT molecular complexity index is 943. The normalized spacial score (nSPS) is 17.6. The fraction of sp³-hybridized carbons (Fsp3) is 0.429. The number of ether oxygens (including phenoxy) is 1. The number of carbonyl (C=O) groups is 1. The van der Waals surface area contributed by atoms with Gasteiger partial charge >= 0.3 is 0 Å². The van der Waals surface area contributed by atoms with Gasteiger partial charge in [0.1, 0.15) is 5.82 Å². The van der Waals surface area contributed by atoms with E-state index < -0.39 is 0 Å². The number of imidazole rings is 1. The Balaban J connectivity index is 1.56. The van der Waals surface area contributed by atoms with Crippen molar-refractivity contribution in [1.29, 1.82) is 0 Å². The largest absolute Gasteiger partial charge is 0.383 e. The van der Waals surface area contributed by atoms with Gasteiger partial charge in [-0.15, -0.1) is 0 Å². The number of carbonyl (C=O) groups excluding carboxylic acids is 1. The summed E-state index contributed by atoms with van der Waals surface area (Å²) >= 11 is 0. The van der Waals surface area contributed by atoms with E-state index >= 15 is 0 Å². The number of aryl methyl sites for hydroxylation is 1. The van der Waals surface area contributed by atoms with E-state index in [-0.39, 0.29) is 11.8 Å². The van der Waals surface area contributed by atoms with Gasteiger partial charge in [-0.25, -0.2) is 4.98 Å². The van der Waals surface area contributed by atoms with E-state index in [9.17, 15) is 4.79 Å². The molecule has 1 aliphatic heterocycles. The number of likely N-dealkylation sites (tertiary alicyclic amines) is 1. The lowest BCUT2D eigenvalue weighted by Gasteiger charge is -2.32. The Morgan fingerprint density at radius 1 is 1.33 bits per heavy atom. The molecule has 0 aliphatic carbocycles. The summed E-state index contributed by atoms with van der Waals surface area (Å²) in [6, 6.07) is 8.08. The Morgan fingerprint density at radius 3 is 3.04 bits per heavy atom. The topological polar surface area (TPSA) is 52.3 Å². The molecule has 1 aromatic carbocycles. The minimum Gasteiger partial charge on any atom is -0.383 e. The maximum absolute atomic E-state index is 13.3. The first-order chi connectivity index (χ1) is 13.2. The van der Waals surface area contributed by atoms with Crippen LogP contribution in [0.2, 0.25) is 0 Å². The van der Waals surface area contributed by atoms with Crippen LogP contribution < -0.4 is 0 Å². The number of amides is 1. The van der Waals surface area contributed by atoms with Crippen molar-refractivity contribution < 1.29 is 9.53 Å². The number of benzene rings is 1. The van der Waals surface area contributed by atoms with Crippen LogP contribution in [0.25, 0.3) is 10.9 Å². The molecule has 4 rings (SSSR count). The Hall–Kier alpha value is -2.60. The average molecular weight is 366 g/mol. The van der Waals surface area contributed by atoms with Crippen LogP contribution in [0.1, 0.15) is 34.9 Å². The molecule has 1 unspecified atom stereocenters. The number of hydrogen-bond acceptors (Lipinski definition) is 3. The molecule has 0 bridgehead atoms. The summed E-state index contributed by atoms with van der Waals surface area (Å²) in [6.07, 6.45) is 7.86. The quantitative estimate of drug-likeness (QED) is 0.697. The lowest BCUT2D eigenvalue weighted by atomic mass is 9.96. The van der Waals surface area contributed by atoms with E-state index in [0.717, 1.165) is 48.2 Å². The van der Waals surface area contributed by atoms with Crippen molar-refractivity contribution in [3.05, 3.63) is 54.2 Å². The van der Waals surface area contributed by atoms with Crippen LogP contribution in [0.15, 0.2) is 42.9 Å². The van der Waals surface area contributed by atoms with Gasteiger partial charge in [-0.3, -0.25) is 4.79 Å². The molecule has 0 N–H and O–H groups in total. The Kier molecular flexibility index (Phi) is 4.99. The first kappa shape index (κ1) is 17.8. The van der Waals surface area contributed by atoms with E-state index in [2.05, 4.69) is 15.6 Å². The lowest BCUT2D eigenvalue weighted by molar-refractivity contribution is 0.0704. The van der Waals surface area contributed by atoms with E-state index in [1.54, 1.807) is 7.11 Å². The van der Waals surface area contributed by atoms with Gasteiger partial charge in [0.25, 0.3) is 5.91 Å². The molecule has 1 saturated heterocycles. The summed E-state index contributed by atoms with van der Waals surface area (Å²) in [7, 11) is 3.70. The van der Waals surface area contributed by atoms with Gasteiger partial charge in [0.2, 0.25) is 0 Å². The number of piperidine rings is 1. The average Bonchev–Trinajstić information content (AvgIpc) is 3.31. The summed E-state index contributed by atoms with van der Waals surface area (Å²) in [4.78, 5) is 19.8. The third-order valence-electron chi connectivity index (χ3n) is 5.49. The van der Waals surface area contributed by atoms with Crippen molar-refractivity contribution in [2.24, 2.45) is 7.05 Å². The summed E-state index contributed by atoms with van der Waals surface area (Å²) in [5.41, 5.74) is 1.88. The maximum atomic E-state index is 13.3. The minimum absolute atomic E-state index is 0.117. The van der Waals surface area contributed by atoms with Crippen molar-refractivity contribution in [1.82, 2.24) is 19.0 Å². The van der Waals surface area contributed by atoms with E-state index in [4.69, 9.17) is 4.74 Å². The molecule has 0 spiro atoms. The zero-order valence-electron chi connectivity index (χ0n) is 16.0. The van der Waals surface area contributed by atoms with Gasteiger partial charge in [0.05, 0.1) is 12.2 Å². The number of fused-ring (bicyclic) bond motifs is 1. The molecule has 1 fully saturated rings. The number of methoxy groups -OCH3 is 1. The molecular formula is C21H26N4O2. The highest BCUT2D eigenvalue weighted by Crippen LogP contribution is 2.29. The minimum atomic E-state index is 0.117. The second-order valence-corrected chi connectivity index (χ2v) is 7.23. The maximum Gasteiger partial charge on any atom is 0.256 e. The van der Waals surface area contributed by atoms with Gasteiger partial charge in [0, 0.05) is 69.2 Å². The van der Waals surface area contributed by atoms with Gasteiger partial charge in [0.15, 0.2) is 0 Å². The summed E-state index contributed by atoms with van der Waals surface area (Å²) in [5.74, 6) is 1.44. The van der Waals surface area contributed by atoms with Crippen molar-refractivity contribution in [3.63, 3.8) is 0 Å². The highest BCUT2D eigenvalue weighted by atomic mass is 16.5. The standard InChI is InChI=1S/C21H26N4O2/c1-23-15-18(17-7-3-4-8-19(17)23)21(26)25-10-5-6-16(14-25)20-22-9-11-24(20)12-13-27-2/h3-4,7-9,11,15-16H,5-6,10,12-14H2,1-2H3. The molecule has 142 valence electrons. The molecule has 3 heterocycles. The first-order valence-corrected chi connectivity index (χ1v) is 9.52. The number of hydrogen-bond donors (Lipinski definition) is 0. The second-order valence-electron chi connectivity index (χ2n) is 7.23. The number of nitrogens with zero attached hydrogens (tertiary/aromatic N) is 4. The van der Waals surface area contributed by atoms with Crippen LogP contribution >= 0.6 is 0 Å². The number of rotatable bonds is 5. The number of para-hydroxylation sites is 1. The van der Waals surface area contributed by atoms with Crippen molar-refractivity contribution in [2.45, 2.75) is 25.3 Å². The van der Waals surface area contributed by atoms with Crippen molar-refractivity contribution in [3.8, 4) is 0 Å². The monoisotopic (exact) mass is 366 g/mol. The van der Waals surface area contributed by atoms with Crippen LogP contribution in [0.3, 0.4) is 0 Å². The molecule has 2 aromatic heterocycles. The predicted molar refractivity (Wildman–Crippen MR) is 105 cm³/mol. The van der Waals surface area contributed by atoms with Crippen molar-refractivity contribution >= 4 is 16.8 Å². The smallest absolute Gasteiger partial charge is 0.256 e. The highest BCUT2D eigenvalue weighted by Gasteiger charge is 2.29. The molecular weight excluding hydrogens is 340 g/mol. The SMILES string of the molecule is COCCn1ccnc1C1CCCN(C(=O)c2cn(C)c3ccccc23)C1. The van der Waals surface area contributed by atoms with E-state index in [1.165, 1.54) is 0 Å². The van der Waals surface area contributed by atoms with E-state index in [1.807, 2.05) is 53.3 Å². The zero-order valence-corrected chi connectivity index (χ0v) is 16.0. The fourth-order valence-corrected chi connectivity index (χ4v) is 4.11. The summed E-state index contributed by atoms with van der Waals surface area (Å²) in [5, 5.41) is 1.02. The van der Waals surface area contributed by atoms with E-state index in [0.29, 0.717) is 13.2 Å². The number of aromatic nitrogens is 3. The van der Waals surface area contributed by atoms with Crippen LogP contribution in [0.4, 0.5) is 0 Å². The van der Waals surface area contributed by atoms with Gasteiger partial charge in [-0.2, -0.15) is 0 Å². The molecule has 1 amide bonds. The van der Waals surface area contributed by atoms with Gasteiger partial charge in [-0.05, 0) is 18.9 Å². The second kappa shape index (κ2) is 7.56. The van der Waals surface area contributed by atoms with Gasteiger partial charge < -0.3 is 18.8 Å². The third-order valence-corrected chi connectivity index (χ3v) is 5.49. The Morgan fingerprint density at radius 2 is 2.19 bits per heavy atom. The van der Waals surface area contributed by atoms with Crippen LogP contribution in [0, 0.1) is 0 Å². The summed E-state index contributed by atoms with van der Waals surface area (Å²) in [6.45, 7) is 2.97. The van der Waals surface area contributed by atoms with Crippen LogP contribution in [-0.2, 0) is 18.3 Å². The van der Waals surface area contributed by atoms with Crippen LogP contribution in [-0.4, -0.2) is 51.7 Å². The molecule has 3 aromatic rings. The van der Waals surface area contributed by atoms with Crippen LogP contribution in [0.5, 0.6) is 0 Å². The lowest BCUT2D eigenvalue weighted by Crippen LogP contribution is -2.39. The molecule has 6 heteroatoms. The molecule has 1 atom stereocenters. The fourth-order valence-electron chi connectivity index (χ4n) is 4.11. The van der Waals surface area contributed by atoms with Crippen molar-refractivity contribution in [2.75, 3.05) is 26.8 Å². The first-order valence-electron chi connectivity index (χ1n) is 9.52. The molecule has 27 heavy (non-hydrogen) atoms. The molecule has 0 radical (unpaired) electrons. The zero-order chi connectivity index (χ0) is 18.8. The predicted octanol–water partition coefficient (Wildman–Crippen LogP) is 3.04. The summed E-state index contributed by atoms with van der Waals surface area (Å²) < 4.78 is 9.38. The highest BCUT2D eigenvalue weighted by molar-refractivity contribution is 6.07.